The summed E-state index contributed by atoms with van der Waals surface area (Å²) in [4.78, 5) is 14.0. The Kier molecular flexibility index (Phi) is 6.17. The SMILES string of the molecule is COCc1cc(NC(c2ccccc2OC)c2nccn2C)nc(C(C)(C)C)n1. The minimum atomic E-state index is -0.246. The molecule has 1 N–H and O–H groups in total. The topological polar surface area (TPSA) is 74.1 Å². The summed E-state index contributed by atoms with van der Waals surface area (Å²) < 4.78 is 12.9. The Balaban J connectivity index is 2.09. The molecule has 0 radical (unpaired) electrons. The maximum atomic E-state index is 5.61. The van der Waals surface area contributed by atoms with Gasteiger partial charge in [0.05, 0.1) is 19.4 Å². The van der Waals surface area contributed by atoms with E-state index in [-0.39, 0.29) is 11.5 Å². The van der Waals surface area contributed by atoms with Crippen LogP contribution in [0, 0.1) is 0 Å². The fourth-order valence-electron chi connectivity index (χ4n) is 3.12. The second kappa shape index (κ2) is 8.61. The first-order valence-electron chi connectivity index (χ1n) is 9.57. The van der Waals surface area contributed by atoms with E-state index in [0.29, 0.717) is 6.61 Å². The quantitative estimate of drug-likeness (QED) is 0.655. The third-order valence-corrected chi connectivity index (χ3v) is 4.60. The molecular formula is C22H29N5O2. The van der Waals surface area contributed by atoms with Crippen LogP contribution in [0.4, 0.5) is 5.82 Å². The zero-order valence-electron chi connectivity index (χ0n) is 17.9. The van der Waals surface area contributed by atoms with Crippen LogP contribution in [0.15, 0.2) is 42.7 Å². The highest BCUT2D eigenvalue weighted by Crippen LogP contribution is 2.32. The summed E-state index contributed by atoms with van der Waals surface area (Å²) in [7, 11) is 5.31. The summed E-state index contributed by atoms with van der Waals surface area (Å²) in [5, 5.41) is 3.55. The molecule has 3 aromatic rings. The van der Waals surface area contributed by atoms with Crippen molar-refractivity contribution < 1.29 is 9.47 Å². The summed E-state index contributed by atoms with van der Waals surface area (Å²) in [5.74, 6) is 3.12. The lowest BCUT2D eigenvalue weighted by molar-refractivity contribution is 0.181. The number of anilines is 1. The second-order valence-electron chi connectivity index (χ2n) is 7.97. The number of para-hydroxylation sites is 1. The molecule has 0 aliphatic heterocycles. The molecule has 2 heterocycles. The smallest absolute Gasteiger partial charge is 0.136 e. The van der Waals surface area contributed by atoms with Crippen LogP contribution < -0.4 is 10.1 Å². The number of rotatable bonds is 7. The van der Waals surface area contributed by atoms with Gasteiger partial charge in [0, 0.05) is 43.6 Å². The molecule has 0 aliphatic rings. The molecule has 0 saturated heterocycles. The molecule has 0 spiro atoms. The zero-order valence-corrected chi connectivity index (χ0v) is 17.9. The number of aromatic nitrogens is 4. The van der Waals surface area contributed by atoms with Gasteiger partial charge in [-0.2, -0.15) is 0 Å². The van der Waals surface area contributed by atoms with Crippen molar-refractivity contribution in [3.63, 3.8) is 0 Å². The molecule has 0 fully saturated rings. The van der Waals surface area contributed by atoms with Crippen molar-refractivity contribution in [2.75, 3.05) is 19.5 Å². The van der Waals surface area contributed by atoms with Gasteiger partial charge in [-0.25, -0.2) is 15.0 Å². The van der Waals surface area contributed by atoms with E-state index in [1.807, 2.05) is 48.1 Å². The van der Waals surface area contributed by atoms with Crippen molar-refractivity contribution in [3.05, 3.63) is 65.6 Å². The van der Waals surface area contributed by atoms with Crippen LogP contribution in [-0.2, 0) is 23.8 Å². The largest absolute Gasteiger partial charge is 0.496 e. The van der Waals surface area contributed by atoms with Gasteiger partial charge in [0.25, 0.3) is 0 Å². The number of nitrogens with zero attached hydrogens (tertiary/aromatic N) is 4. The Labute approximate surface area is 172 Å². The molecule has 1 atom stereocenters. The minimum Gasteiger partial charge on any atom is -0.496 e. The van der Waals surface area contributed by atoms with E-state index in [0.717, 1.165) is 34.5 Å². The Morgan fingerprint density at radius 2 is 1.90 bits per heavy atom. The predicted molar refractivity (Wildman–Crippen MR) is 113 cm³/mol. The second-order valence-corrected chi connectivity index (χ2v) is 7.97. The van der Waals surface area contributed by atoms with Gasteiger partial charge in [0.1, 0.15) is 29.3 Å². The van der Waals surface area contributed by atoms with E-state index in [2.05, 4.69) is 36.1 Å². The first-order valence-corrected chi connectivity index (χ1v) is 9.57. The lowest BCUT2D eigenvalue weighted by atomic mass is 9.95. The summed E-state index contributed by atoms with van der Waals surface area (Å²) in [6.07, 6.45) is 3.71. The van der Waals surface area contributed by atoms with Crippen LogP contribution >= 0.6 is 0 Å². The van der Waals surface area contributed by atoms with Gasteiger partial charge in [-0.05, 0) is 6.07 Å². The molecule has 154 valence electrons. The first-order chi connectivity index (χ1) is 13.8. The third-order valence-electron chi connectivity index (χ3n) is 4.60. The van der Waals surface area contributed by atoms with Gasteiger partial charge in [-0.15, -0.1) is 0 Å². The van der Waals surface area contributed by atoms with E-state index < -0.39 is 0 Å². The van der Waals surface area contributed by atoms with Crippen molar-refractivity contribution in [1.82, 2.24) is 19.5 Å². The summed E-state index contributed by atoms with van der Waals surface area (Å²) in [5.41, 5.74) is 1.62. The van der Waals surface area contributed by atoms with Crippen molar-refractivity contribution in [1.29, 1.82) is 0 Å². The molecular weight excluding hydrogens is 366 g/mol. The molecule has 7 heteroatoms. The van der Waals surface area contributed by atoms with Crippen molar-refractivity contribution >= 4 is 5.82 Å². The molecule has 0 aliphatic carbocycles. The number of hydrogen-bond acceptors (Lipinski definition) is 6. The number of imidazole rings is 1. The normalized spacial score (nSPS) is 12.6. The highest BCUT2D eigenvalue weighted by atomic mass is 16.5. The number of aryl methyl sites for hydroxylation is 1. The highest BCUT2D eigenvalue weighted by molar-refractivity contribution is 5.47. The molecule has 0 bridgehead atoms. The van der Waals surface area contributed by atoms with Crippen LogP contribution in [0.2, 0.25) is 0 Å². The predicted octanol–water partition coefficient (Wildman–Crippen LogP) is 3.86. The van der Waals surface area contributed by atoms with Gasteiger partial charge in [-0.3, -0.25) is 0 Å². The van der Waals surface area contributed by atoms with E-state index in [4.69, 9.17) is 14.5 Å². The lowest BCUT2D eigenvalue weighted by Crippen LogP contribution is -2.22. The Morgan fingerprint density at radius 1 is 1.14 bits per heavy atom. The van der Waals surface area contributed by atoms with Crippen LogP contribution in [-0.4, -0.2) is 33.7 Å². The lowest BCUT2D eigenvalue weighted by Gasteiger charge is -2.24. The fraction of sp³-hybridized carbons (Fsp3) is 0.409. The van der Waals surface area contributed by atoms with Gasteiger partial charge < -0.3 is 19.4 Å². The van der Waals surface area contributed by atoms with Crippen LogP contribution in [0.5, 0.6) is 5.75 Å². The summed E-state index contributed by atoms with van der Waals surface area (Å²) >= 11 is 0. The zero-order chi connectivity index (χ0) is 21.0. The molecule has 2 aromatic heterocycles. The van der Waals surface area contributed by atoms with Crippen molar-refractivity contribution in [2.24, 2.45) is 7.05 Å². The Hall–Kier alpha value is -2.93. The highest BCUT2D eigenvalue weighted by Gasteiger charge is 2.24. The monoisotopic (exact) mass is 395 g/mol. The number of benzene rings is 1. The minimum absolute atomic E-state index is 0.191. The standard InChI is InChI=1S/C22H29N5O2/c1-22(2,3)21-24-15(14-28-5)13-18(26-21)25-19(20-23-11-12-27(20)4)16-9-7-8-10-17(16)29-6/h7-13,19H,14H2,1-6H3,(H,24,25,26). The number of hydrogen-bond donors (Lipinski definition) is 1. The average molecular weight is 396 g/mol. The van der Waals surface area contributed by atoms with Gasteiger partial charge in [0.15, 0.2) is 0 Å². The molecule has 3 rings (SSSR count). The molecule has 0 amide bonds. The van der Waals surface area contributed by atoms with Crippen LogP contribution in [0.3, 0.4) is 0 Å². The van der Waals surface area contributed by atoms with E-state index in [1.54, 1.807) is 20.4 Å². The third kappa shape index (κ3) is 4.74. The average Bonchev–Trinajstić information content (AvgIpc) is 3.11. The van der Waals surface area contributed by atoms with E-state index in [1.165, 1.54) is 0 Å². The Morgan fingerprint density at radius 3 is 2.52 bits per heavy atom. The van der Waals surface area contributed by atoms with Crippen LogP contribution in [0.25, 0.3) is 0 Å². The fourth-order valence-corrected chi connectivity index (χ4v) is 3.12. The maximum absolute atomic E-state index is 5.61. The number of ether oxygens (including phenoxy) is 2. The molecule has 1 unspecified atom stereocenters. The Bertz CT molecular complexity index is 962. The van der Waals surface area contributed by atoms with Gasteiger partial charge >= 0.3 is 0 Å². The number of nitrogens with one attached hydrogen (secondary N) is 1. The van der Waals surface area contributed by atoms with E-state index >= 15 is 0 Å². The summed E-state index contributed by atoms with van der Waals surface area (Å²) in [6.45, 7) is 6.71. The molecule has 0 saturated carbocycles. The van der Waals surface area contributed by atoms with Crippen molar-refractivity contribution in [2.45, 2.75) is 38.8 Å². The molecule has 7 nitrogen and oxygen atoms in total. The summed E-state index contributed by atoms with van der Waals surface area (Å²) in [6, 6.07) is 9.61. The molecule has 1 aromatic carbocycles. The van der Waals surface area contributed by atoms with Gasteiger partial charge in [0.2, 0.25) is 0 Å². The van der Waals surface area contributed by atoms with E-state index in [9.17, 15) is 0 Å². The van der Waals surface area contributed by atoms with Gasteiger partial charge in [-0.1, -0.05) is 39.0 Å². The molecule has 29 heavy (non-hydrogen) atoms. The van der Waals surface area contributed by atoms with Crippen LogP contribution in [0.1, 0.15) is 49.7 Å². The first kappa shape index (κ1) is 20.8. The van der Waals surface area contributed by atoms with Crippen molar-refractivity contribution in [3.8, 4) is 5.75 Å². The maximum Gasteiger partial charge on any atom is 0.136 e. The number of methoxy groups -OCH3 is 2.